The second-order valence-electron chi connectivity index (χ2n) is 2.39. The smallest absolute Gasteiger partial charge is 0.120 e. The van der Waals surface area contributed by atoms with Crippen molar-refractivity contribution in [2.75, 3.05) is 6.61 Å². The van der Waals surface area contributed by atoms with Gasteiger partial charge in [0.25, 0.3) is 0 Å². The quantitative estimate of drug-likeness (QED) is 0.864. The summed E-state index contributed by atoms with van der Waals surface area (Å²) < 4.78 is 6.33. The lowest BCUT2D eigenvalue weighted by molar-refractivity contribution is 0.340. The van der Waals surface area contributed by atoms with Crippen molar-refractivity contribution < 1.29 is 4.74 Å². The van der Waals surface area contributed by atoms with E-state index in [9.17, 15) is 0 Å². The average molecular weight is 230 g/mol. The Labute approximate surface area is 80.8 Å². The van der Waals surface area contributed by atoms with Gasteiger partial charge >= 0.3 is 0 Å². The van der Waals surface area contributed by atoms with E-state index in [0.29, 0.717) is 13.2 Å². The van der Waals surface area contributed by atoms with Gasteiger partial charge in [-0.3, -0.25) is 0 Å². The molecule has 1 aromatic rings. The van der Waals surface area contributed by atoms with Crippen LogP contribution in [0.5, 0.6) is 5.75 Å². The summed E-state index contributed by atoms with van der Waals surface area (Å²) in [5.74, 6) is 0.876. The highest BCUT2D eigenvalue weighted by Gasteiger charge is 1.99. The van der Waals surface area contributed by atoms with Crippen LogP contribution in [0.25, 0.3) is 0 Å². The van der Waals surface area contributed by atoms with Crippen molar-refractivity contribution in [1.29, 1.82) is 0 Å². The predicted octanol–water partition coefficient (Wildman–Crippen LogP) is 2.31. The zero-order valence-electron chi connectivity index (χ0n) is 7.01. The van der Waals surface area contributed by atoms with E-state index in [4.69, 9.17) is 10.5 Å². The fraction of sp³-hybridized carbons (Fsp3) is 0.333. The van der Waals surface area contributed by atoms with Crippen LogP contribution >= 0.6 is 15.9 Å². The molecule has 0 radical (unpaired) electrons. The highest BCUT2D eigenvalue weighted by Crippen LogP contribution is 2.22. The van der Waals surface area contributed by atoms with Gasteiger partial charge in [0.1, 0.15) is 5.75 Å². The van der Waals surface area contributed by atoms with Crippen LogP contribution < -0.4 is 10.5 Å². The molecule has 0 atom stereocenters. The number of rotatable bonds is 3. The third kappa shape index (κ3) is 2.22. The monoisotopic (exact) mass is 229 g/mol. The molecule has 0 aliphatic heterocycles. The topological polar surface area (TPSA) is 35.2 Å². The fourth-order valence-electron chi connectivity index (χ4n) is 0.950. The van der Waals surface area contributed by atoms with Crippen LogP contribution in [0.15, 0.2) is 22.7 Å². The molecule has 0 amide bonds. The SMILES string of the molecule is CCOc1ccc(CN)c(Br)c1. The summed E-state index contributed by atoms with van der Waals surface area (Å²) >= 11 is 3.42. The number of hydrogen-bond acceptors (Lipinski definition) is 2. The Balaban J connectivity index is 2.86. The maximum atomic E-state index is 5.50. The van der Waals surface area contributed by atoms with Crippen molar-refractivity contribution in [2.45, 2.75) is 13.5 Å². The third-order valence-electron chi connectivity index (χ3n) is 1.56. The van der Waals surface area contributed by atoms with E-state index in [0.717, 1.165) is 15.8 Å². The van der Waals surface area contributed by atoms with Gasteiger partial charge in [-0.25, -0.2) is 0 Å². The van der Waals surface area contributed by atoms with Gasteiger partial charge in [-0.15, -0.1) is 0 Å². The van der Waals surface area contributed by atoms with Gasteiger partial charge in [0.2, 0.25) is 0 Å². The van der Waals surface area contributed by atoms with E-state index in [2.05, 4.69) is 15.9 Å². The van der Waals surface area contributed by atoms with Crippen LogP contribution in [-0.4, -0.2) is 6.61 Å². The van der Waals surface area contributed by atoms with E-state index in [1.165, 1.54) is 0 Å². The number of nitrogens with two attached hydrogens (primary N) is 1. The Bertz CT molecular complexity index is 263. The van der Waals surface area contributed by atoms with Crippen LogP contribution in [-0.2, 0) is 6.54 Å². The minimum Gasteiger partial charge on any atom is -0.494 e. The van der Waals surface area contributed by atoms with Crippen molar-refractivity contribution in [3.05, 3.63) is 28.2 Å². The molecule has 2 nitrogen and oxygen atoms in total. The van der Waals surface area contributed by atoms with Gasteiger partial charge in [-0.05, 0) is 24.6 Å². The molecular weight excluding hydrogens is 218 g/mol. The fourth-order valence-corrected chi connectivity index (χ4v) is 1.47. The maximum absolute atomic E-state index is 5.50. The molecule has 0 saturated carbocycles. The highest BCUT2D eigenvalue weighted by atomic mass is 79.9. The molecule has 12 heavy (non-hydrogen) atoms. The molecule has 0 aliphatic carbocycles. The summed E-state index contributed by atoms with van der Waals surface area (Å²) in [6.45, 7) is 3.20. The first-order chi connectivity index (χ1) is 5.77. The number of benzene rings is 1. The Morgan fingerprint density at radius 2 is 2.25 bits per heavy atom. The Morgan fingerprint density at radius 3 is 2.75 bits per heavy atom. The standard InChI is InChI=1S/C9H12BrNO/c1-2-12-8-4-3-7(6-11)9(10)5-8/h3-5H,2,6,11H2,1H3. The van der Waals surface area contributed by atoms with Crippen LogP contribution in [0.1, 0.15) is 12.5 Å². The van der Waals surface area contributed by atoms with E-state index in [1.54, 1.807) is 0 Å². The average Bonchev–Trinajstić information content (AvgIpc) is 2.05. The van der Waals surface area contributed by atoms with Gasteiger partial charge < -0.3 is 10.5 Å². The van der Waals surface area contributed by atoms with Crippen LogP contribution in [0.4, 0.5) is 0 Å². The van der Waals surface area contributed by atoms with Gasteiger partial charge in [-0.2, -0.15) is 0 Å². The minimum atomic E-state index is 0.549. The molecule has 3 heteroatoms. The zero-order chi connectivity index (χ0) is 8.97. The van der Waals surface area contributed by atoms with Crippen LogP contribution in [0.3, 0.4) is 0 Å². The Hall–Kier alpha value is -0.540. The predicted molar refractivity (Wildman–Crippen MR) is 53.2 cm³/mol. The Kier molecular flexibility index (Phi) is 3.56. The summed E-state index contributed by atoms with van der Waals surface area (Å²) in [5.41, 5.74) is 6.60. The second-order valence-corrected chi connectivity index (χ2v) is 3.24. The first-order valence-electron chi connectivity index (χ1n) is 3.89. The first-order valence-corrected chi connectivity index (χ1v) is 4.68. The van der Waals surface area contributed by atoms with E-state index < -0.39 is 0 Å². The molecule has 1 aromatic carbocycles. The zero-order valence-corrected chi connectivity index (χ0v) is 8.60. The number of hydrogen-bond donors (Lipinski definition) is 1. The van der Waals surface area contributed by atoms with Gasteiger partial charge in [0.05, 0.1) is 6.61 Å². The molecule has 0 aromatic heterocycles. The molecule has 0 aliphatic rings. The second kappa shape index (κ2) is 4.48. The Morgan fingerprint density at radius 1 is 1.50 bits per heavy atom. The molecular formula is C9H12BrNO. The molecule has 0 saturated heterocycles. The van der Waals surface area contributed by atoms with Gasteiger partial charge in [0, 0.05) is 11.0 Å². The highest BCUT2D eigenvalue weighted by molar-refractivity contribution is 9.10. The molecule has 0 spiro atoms. The molecule has 2 N–H and O–H groups in total. The maximum Gasteiger partial charge on any atom is 0.120 e. The molecule has 0 fully saturated rings. The normalized spacial score (nSPS) is 9.92. The van der Waals surface area contributed by atoms with Crippen molar-refractivity contribution in [3.8, 4) is 5.75 Å². The lowest BCUT2D eigenvalue weighted by Gasteiger charge is -2.05. The van der Waals surface area contributed by atoms with E-state index in [-0.39, 0.29) is 0 Å². The lowest BCUT2D eigenvalue weighted by Crippen LogP contribution is -1.98. The van der Waals surface area contributed by atoms with Gasteiger partial charge in [-0.1, -0.05) is 22.0 Å². The van der Waals surface area contributed by atoms with Gasteiger partial charge in [0.15, 0.2) is 0 Å². The van der Waals surface area contributed by atoms with Crippen LogP contribution in [0.2, 0.25) is 0 Å². The van der Waals surface area contributed by atoms with Crippen molar-refractivity contribution in [2.24, 2.45) is 5.73 Å². The van der Waals surface area contributed by atoms with E-state index in [1.807, 2.05) is 25.1 Å². The first kappa shape index (κ1) is 9.55. The van der Waals surface area contributed by atoms with Crippen LogP contribution in [0, 0.1) is 0 Å². The minimum absolute atomic E-state index is 0.549. The van der Waals surface area contributed by atoms with Crippen molar-refractivity contribution in [1.82, 2.24) is 0 Å². The largest absolute Gasteiger partial charge is 0.494 e. The molecule has 1 rings (SSSR count). The summed E-state index contributed by atoms with van der Waals surface area (Å²) in [6, 6.07) is 5.83. The molecule has 0 heterocycles. The summed E-state index contributed by atoms with van der Waals surface area (Å²) in [4.78, 5) is 0. The summed E-state index contributed by atoms with van der Waals surface area (Å²) in [6.07, 6.45) is 0. The molecule has 66 valence electrons. The van der Waals surface area contributed by atoms with E-state index >= 15 is 0 Å². The van der Waals surface area contributed by atoms with Crippen molar-refractivity contribution >= 4 is 15.9 Å². The number of halogens is 1. The summed E-state index contributed by atoms with van der Waals surface area (Å²) in [5, 5.41) is 0. The lowest BCUT2D eigenvalue weighted by atomic mass is 10.2. The van der Waals surface area contributed by atoms with Crippen molar-refractivity contribution in [3.63, 3.8) is 0 Å². The molecule has 0 bridgehead atoms. The molecule has 0 unspecified atom stereocenters. The third-order valence-corrected chi connectivity index (χ3v) is 2.29. The summed E-state index contributed by atoms with van der Waals surface area (Å²) in [7, 11) is 0. The number of ether oxygens (including phenoxy) is 1.